The van der Waals surface area contributed by atoms with Crippen molar-refractivity contribution in [3.8, 4) is 0 Å². The molecule has 20 heavy (non-hydrogen) atoms. The summed E-state index contributed by atoms with van der Waals surface area (Å²) in [6.45, 7) is 1.32. The summed E-state index contributed by atoms with van der Waals surface area (Å²) in [6.07, 6.45) is 1.51. The Morgan fingerprint density at radius 1 is 1.20 bits per heavy atom. The Morgan fingerprint density at radius 2 is 1.85 bits per heavy atom. The number of nitro groups is 2. The van der Waals surface area contributed by atoms with Crippen molar-refractivity contribution >= 4 is 17.1 Å². The first-order chi connectivity index (χ1) is 9.52. The minimum Gasteiger partial charge on any atom is -0.396 e. The van der Waals surface area contributed by atoms with Gasteiger partial charge >= 0.3 is 0 Å². The van der Waals surface area contributed by atoms with Crippen molar-refractivity contribution in [1.82, 2.24) is 0 Å². The normalized spacial score (nSPS) is 16.1. The summed E-state index contributed by atoms with van der Waals surface area (Å²) in [5, 5.41) is 30.8. The van der Waals surface area contributed by atoms with E-state index < -0.39 is 9.85 Å². The van der Waals surface area contributed by atoms with Crippen molar-refractivity contribution in [3.63, 3.8) is 0 Å². The summed E-state index contributed by atoms with van der Waals surface area (Å²) in [5.74, 6) is 0.225. The molecule has 1 aromatic carbocycles. The molecule has 0 bridgehead atoms. The number of hydrogen-bond donors (Lipinski definition) is 1. The first-order valence-corrected chi connectivity index (χ1v) is 6.31. The smallest absolute Gasteiger partial charge is 0.299 e. The van der Waals surface area contributed by atoms with Crippen LogP contribution >= 0.6 is 0 Å². The molecule has 0 amide bonds. The van der Waals surface area contributed by atoms with Gasteiger partial charge in [0.25, 0.3) is 11.4 Å². The second kappa shape index (κ2) is 5.83. The van der Waals surface area contributed by atoms with E-state index in [1.54, 1.807) is 0 Å². The third-order valence-electron chi connectivity index (χ3n) is 3.58. The summed E-state index contributed by atoms with van der Waals surface area (Å²) in [7, 11) is 0. The monoisotopic (exact) mass is 281 g/mol. The lowest BCUT2D eigenvalue weighted by Crippen LogP contribution is -2.35. The van der Waals surface area contributed by atoms with Gasteiger partial charge in [0.05, 0.1) is 15.9 Å². The molecular weight excluding hydrogens is 266 g/mol. The molecule has 0 unspecified atom stereocenters. The fourth-order valence-corrected chi connectivity index (χ4v) is 2.40. The lowest BCUT2D eigenvalue weighted by molar-refractivity contribution is -0.393. The highest BCUT2D eigenvalue weighted by Gasteiger charge is 2.26. The van der Waals surface area contributed by atoms with E-state index in [1.807, 2.05) is 4.90 Å². The summed E-state index contributed by atoms with van der Waals surface area (Å²) in [5.41, 5.74) is -0.135. The minimum absolute atomic E-state index is 0.121. The number of rotatable bonds is 4. The number of nitrogens with zero attached hydrogens (tertiary/aromatic N) is 3. The Labute approximate surface area is 114 Å². The van der Waals surface area contributed by atoms with Crippen molar-refractivity contribution < 1.29 is 15.0 Å². The number of piperidine rings is 1. The molecule has 108 valence electrons. The van der Waals surface area contributed by atoms with E-state index in [4.69, 9.17) is 5.11 Å². The molecule has 1 fully saturated rings. The van der Waals surface area contributed by atoms with Crippen molar-refractivity contribution in [2.45, 2.75) is 12.8 Å². The molecule has 1 heterocycles. The van der Waals surface area contributed by atoms with Gasteiger partial charge < -0.3 is 10.0 Å². The summed E-state index contributed by atoms with van der Waals surface area (Å²) in [6, 6.07) is 3.70. The second-order valence-electron chi connectivity index (χ2n) is 4.80. The standard InChI is InChI=1S/C12H15N3O5/c16-8-9-3-5-13(6-4-9)11-2-1-10(14(17)18)7-12(11)15(19)20/h1-2,7,9,16H,3-6,8H2. The van der Waals surface area contributed by atoms with Gasteiger partial charge in [-0.3, -0.25) is 20.2 Å². The van der Waals surface area contributed by atoms with Gasteiger partial charge in [-0.15, -0.1) is 0 Å². The molecule has 1 aliphatic heterocycles. The Kier molecular flexibility index (Phi) is 4.14. The van der Waals surface area contributed by atoms with Crippen LogP contribution in [0.4, 0.5) is 17.1 Å². The molecule has 0 saturated carbocycles. The van der Waals surface area contributed by atoms with Crippen LogP contribution in [0.1, 0.15) is 12.8 Å². The van der Waals surface area contributed by atoms with E-state index in [1.165, 1.54) is 12.1 Å². The van der Waals surface area contributed by atoms with Crippen LogP contribution in [0.25, 0.3) is 0 Å². The molecule has 1 aliphatic rings. The molecule has 0 spiro atoms. The van der Waals surface area contributed by atoms with Gasteiger partial charge in [-0.25, -0.2) is 0 Å². The SMILES string of the molecule is O=[N+]([O-])c1ccc(N2CCC(CO)CC2)c([N+](=O)[O-])c1. The number of nitro benzene ring substituents is 2. The molecule has 2 rings (SSSR count). The first kappa shape index (κ1) is 14.2. The maximum Gasteiger partial charge on any atom is 0.299 e. The van der Waals surface area contributed by atoms with E-state index in [0.29, 0.717) is 18.8 Å². The van der Waals surface area contributed by atoms with Crippen LogP contribution in [0, 0.1) is 26.1 Å². The van der Waals surface area contributed by atoms with E-state index in [-0.39, 0.29) is 23.9 Å². The van der Waals surface area contributed by atoms with Crippen LogP contribution in [0.5, 0.6) is 0 Å². The Bertz CT molecular complexity index is 526. The average molecular weight is 281 g/mol. The Hall–Kier alpha value is -2.22. The van der Waals surface area contributed by atoms with E-state index >= 15 is 0 Å². The fourth-order valence-electron chi connectivity index (χ4n) is 2.40. The molecule has 8 nitrogen and oxygen atoms in total. The van der Waals surface area contributed by atoms with Crippen LogP contribution in [0.3, 0.4) is 0 Å². The number of anilines is 1. The maximum absolute atomic E-state index is 11.1. The van der Waals surface area contributed by atoms with E-state index in [0.717, 1.165) is 18.9 Å². The van der Waals surface area contributed by atoms with Crippen LogP contribution in [-0.4, -0.2) is 34.6 Å². The second-order valence-corrected chi connectivity index (χ2v) is 4.80. The van der Waals surface area contributed by atoms with E-state index in [2.05, 4.69) is 0 Å². The molecular formula is C12H15N3O5. The van der Waals surface area contributed by atoms with Gasteiger partial charge in [0, 0.05) is 25.8 Å². The number of aliphatic hydroxyl groups is 1. The average Bonchev–Trinajstić information content (AvgIpc) is 2.46. The van der Waals surface area contributed by atoms with Gasteiger partial charge in [-0.05, 0) is 24.8 Å². The van der Waals surface area contributed by atoms with Crippen LogP contribution in [0.2, 0.25) is 0 Å². The molecule has 0 radical (unpaired) electrons. The predicted octanol–water partition coefficient (Wildman–Crippen LogP) is 1.71. The van der Waals surface area contributed by atoms with E-state index in [9.17, 15) is 20.2 Å². The molecule has 0 aliphatic carbocycles. The van der Waals surface area contributed by atoms with Crippen molar-refractivity contribution in [1.29, 1.82) is 0 Å². The Balaban J connectivity index is 2.27. The third-order valence-corrected chi connectivity index (χ3v) is 3.58. The topological polar surface area (TPSA) is 110 Å². The Morgan fingerprint density at radius 3 is 2.35 bits per heavy atom. The van der Waals surface area contributed by atoms with Crippen molar-refractivity contribution in [2.24, 2.45) is 5.92 Å². The fraction of sp³-hybridized carbons (Fsp3) is 0.500. The van der Waals surface area contributed by atoms with Gasteiger partial charge in [-0.1, -0.05) is 0 Å². The van der Waals surface area contributed by atoms with Crippen LogP contribution in [0.15, 0.2) is 18.2 Å². The summed E-state index contributed by atoms with van der Waals surface area (Å²) < 4.78 is 0. The molecule has 8 heteroatoms. The van der Waals surface area contributed by atoms with Gasteiger partial charge in [-0.2, -0.15) is 0 Å². The third kappa shape index (κ3) is 2.85. The molecule has 0 atom stereocenters. The number of hydrogen-bond acceptors (Lipinski definition) is 6. The first-order valence-electron chi connectivity index (χ1n) is 6.31. The number of aliphatic hydroxyl groups excluding tert-OH is 1. The van der Waals surface area contributed by atoms with Gasteiger partial charge in [0.1, 0.15) is 5.69 Å². The lowest BCUT2D eigenvalue weighted by atomic mass is 9.97. The van der Waals surface area contributed by atoms with Crippen molar-refractivity contribution in [3.05, 3.63) is 38.4 Å². The lowest BCUT2D eigenvalue weighted by Gasteiger charge is -2.32. The number of non-ortho nitro benzene ring substituents is 1. The zero-order chi connectivity index (χ0) is 14.7. The zero-order valence-electron chi connectivity index (χ0n) is 10.8. The molecule has 1 aromatic rings. The molecule has 1 N–H and O–H groups in total. The highest BCUT2D eigenvalue weighted by molar-refractivity contribution is 5.67. The van der Waals surface area contributed by atoms with Crippen molar-refractivity contribution in [2.75, 3.05) is 24.6 Å². The highest BCUT2D eigenvalue weighted by atomic mass is 16.6. The summed E-state index contributed by atoms with van der Waals surface area (Å²) in [4.78, 5) is 22.4. The predicted molar refractivity (Wildman–Crippen MR) is 71.8 cm³/mol. The minimum atomic E-state index is -0.644. The highest BCUT2D eigenvalue weighted by Crippen LogP contribution is 2.34. The van der Waals surface area contributed by atoms with Gasteiger partial charge in [0.15, 0.2) is 0 Å². The number of benzene rings is 1. The van der Waals surface area contributed by atoms with Crippen LogP contribution in [-0.2, 0) is 0 Å². The molecule has 0 aromatic heterocycles. The molecule has 1 saturated heterocycles. The van der Waals surface area contributed by atoms with Gasteiger partial charge in [0.2, 0.25) is 0 Å². The zero-order valence-corrected chi connectivity index (χ0v) is 10.8. The largest absolute Gasteiger partial charge is 0.396 e. The van der Waals surface area contributed by atoms with Crippen LogP contribution < -0.4 is 4.90 Å². The maximum atomic E-state index is 11.1. The quantitative estimate of drug-likeness (QED) is 0.664. The summed E-state index contributed by atoms with van der Waals surface area (Å²) >= 11 is 0.